The number of nitrogens with zero attached hydrogens (tertiary/aromatic N) is 4. The Hall–Kier alpha value is -2.61. The molecule has 0 unspecified atom stereocenters. The summed E-state index contributed by atoms with van der Waals surface area (Å²) in [6.45, 7) is 2.04. The molecular formula is C16H18N6OS. The molecular weight excluding hydrogens is 324 g/mol. The minimum absolute atomic E-state index is 0.214. The Morgan fingerprint density at radius 1 is 1.33 bits per heavy atom. The third-order valence-electron chi connectivity index (χ3n) is 3.54. The second-order valence-corrected chi connectivity index (χ2v) is 6.32. The lowest BCUT2D eigenvalue weighted by atomic mass is 10.1. The SMILES string of the molecule is CCC[C@@H](NC(=O)c1csc(Cc2ccccc2)n1)c1nn[nH]n1. The molecule has 24 heavy (non-hydrogen) atoms. The summed E-state index contributed by atoms with van der Waals surface area (Å²) in [4.78, 5) is 16.9. The van der Waals surface area contributed by atoms with Crippen LogP contribution in [-0.2, 0) is 6.42 Å². The van der Waals surface area contributed by atoms with E-state index in [1.54, 1.807) is 5.38 Å². The topological polar surface area (TPSA) is 96.5 Å². The van der Waals surface area contributed by atoms with Crippen molar-refractivity contribution < 1.29 is 4.79 Å². The highest BCUT2D eigenvalue weighted by molar-refractivity contribution is 7.09. The van der Waals surface area contributed by atoms with E-state index < -0.39 is 0 Å². The Morgan fingerprint density at radius 2 is 2.17 bits per heavy atom. The highest BCUT2D eigenvalue weighted by Gasteiger charge is 2.20. The summed E-state index contributed by atoms with van der Waals surface area (Å²) in [5.41, 5.74) is 1.60. The molecule has 0 aliphatic carbocycles. The number of carbonyl (C=O) groups excluding carboxylic acids is 1. The van der Waals surface area contributed by atoms with E-state index in [0.29, 0.717) is 11.5 Å². The van der Waals surface area contributed by atoms with Crippen LogP contribution in [0.1, 0.15) is 52.7 Å². The lowest BCUT2D eigenvalue weighted by molar-refractivity contribution is 0.0928. The van der Waals surface area contributed by atoms with E-state index in [4.69, 9.17) is 0 Å². The van der Waals surface area contributed by atoms with Crippen LogP contribution >= 0.6 is 11.3 Å². The highest BCUT2D eigenvalue weighted by Crippen LogP contribution is 2.17. The second-order valence-electron chi connectivity index (χ2n) is 5.37. The first-order chi connectivity index (χ1) is 11.8. The van der Waals surface area contributed by atoms with Crippen LogP contribution in [0.2, 0.25) is 0 Å². The molecule has 1 aromatic carbocycles. The van der Waals surface area contributed by atoms with Crippen LogP contribution in [0.15, 0.2) is 35.7 Å². The number of nitrogens with one attached hydrogen (secondary N) is 2. The number of aromatic nitrogens is 5. The number of aromatic amines is 1. The van der Waals surface area contributed by atoms with Gasteiger partial charge in [-0.05, 0) is 12.0 Å². The zero-order valence-corrected chi connectivity index (χ0v) is 14.1. The van der Waals surface area contributed by atoms with Crippen molar-refractivity contribution in [1.82, 2.24) is 30.9 Å². The molecule has 0 radical (unpaired) electrons. The first kappa shape index (κ1) is 16.3. The monoisotopic (exact) mass is 342 g/mol. The van der Waals surface area contributed by atoms with E-state index in [1.165, 1.54) is 16.9 Å². The molecule has 3 rings (SSSR count). The summed E-state index contributed by atoms with van der Waals surface area (Å²) >= 11 is 1.49. The van der Waals surface area contributed by atoms with Gasteiger partial charge in [-0.15, -0.1) is 21.5 Å². The lowest BCUT2D eigenvalue weighted by Gasteiger charge is -2.13. The van der Waals surface area contributed by atoms with E-state index in [-0.39, 0.29) is 11.9 Å². The summed E-state index contributed by atoms with van der Waals surface area (Å²) in [5, 5.41) is 19.5. The fraction of sp³-hybridized carbons (Fsp3) is 0.312. The Kier molecular flexibility index (Phi) is 5.27. The molecule has 8 heteroatoms. The van der Waals surface area contributed by atoms with Gasteiger partial charge in [-0.3, -0.25) is 4.79 Å². The van der Waals surface area contributed by atoms with E-state index in [1.807, 2.05) is 25.1 Å². The maximum absolute atomic E-state index is 12.4. The summed E-state index contributed by atoms with van der Waals surface area (Å²) in [6, 6.07) is 9.81. The standard InChI is InChI=1S/C16H18N6OS/c1-2-6-12(15-19-21-22-20-15)18-16(23)13-10-24-14(17-13)9-11-7-4-3-5-8-11/h3-5,7-8,10,12H,2,6,9H2,1H3,(H,18,23)(H,19,20,21,22)/t12-/m1/s1. The van der Waals surface area contributed by atoms with Gasteiger partial charge in [0, 0.05) is 11.8 Å². The van der Waals surface area contributed by atoms with Crippen molar-refractivity contribution in [1.29, 1.82) is 0 Å². The van der Waals surface area contributed by atoms with E-state index in [0.717, 1.165) is 24.3 Å². The van der Waals surface area contributed by atoms with Gasteiger partial charge in [-0.2, -0.15) is 5.21 Å². The molecule has 0 saturated carbocycles. The van der Waals surface area contributed by atoms with Crippen LogP contribution in [0, 0.1) is 0 Å². The summed E-state index contributed by atoms with van der Waals surface area (Å²) in [5.74, 6) is 0.277. The Morgan fingerprint density at radius 3 is 2.88 bits per heavy atom. The van der Waals surface area contributed by atoms with Gasteiger partial charge in [0.05, 0.1) is 11.0 Å². The fourth-order valence-electron chi connectivity index (χ4n) is 2.37. The van der Waals surface area contributed by atoms with Crippen molar-refractivity contribution in [2.45, 2.75) is 32.2 Å². The molecule has 1 amide bonds. The third-order valence-corrected chi connectivity index (χ3v) is 4.39. The Bertz CT molecular complexity index is 771. The average molecular weight is 342 g/mol. The lowest BCUT2D eigenvalue weighted by Crippen LogP contribution is -2.29. The van der Waals surface area contributed by atoms with Crippen LogP contribution in [0.5, 0.6) is 0 Å². The molecule has 0 bridgehead atoms. The normalized spacial score (nSPS) is 12.0. The molecule has 1 atom stereocenters. The maximum Gasteiger partial charge on any atom is 0.271 e. The number of hydrogen-bond acceptors (Lipinski definition) is 6. The van der Waals surface area contributed by atoms with Crippen LogP contribution in [0.4, 0.5) is 0 Å². The predicted octanol–water partition coefficient (Wildman–Crippen LogP) is 2.52. The molecule has 0 aliphatic heterocycles. The highest BCUT2D eigenvalue weighted by atomic mass is 32.1. The second kappa shape index (κ2) is 7.78. The van der Waals surface area contributed by atoms with E-state index in [2.05, 4.69) is 43.1 Å². The van der Waals surface area contributed by atoms with Gasteiger partial charge >= 0.3 is 0 Å². The van der Waals surface area contributed by atoms with Gasteiger partial charge in [0.15, 0.2) is 5.82 Å². The number of amides is 1. The molecule has 0 aliphatic rings. The minimum Gasteiger partial charge on any atom is -0.340 e. The molecule has 3 aromatic rings. The fourth-order valence-corrected chi connectivity index (χ4v) is 3.18. The van der Waals surface area contributed by atoms with Crippen molar-refractivity contribution in [3.8, 4) is 0 Å². The predicted molar refractivity (Wildman–Crippen MR) is 90.7 cm³/mol. The first-order valence-electron chi connectivity index (χ1n) is 7.78. The Labute approximate surface area is 143 Å². The van der Waals surface area contributed by atoms with Crippen molar-refractivity contribution in [2.24, 2.45) is 0 Å². The molecule has 0 saturated heterocycles. The number of thiazole rings is 1. The van der Waals surface area contributed by atoms with Crippen molar-refractivity contribution >= 4 is 17.2 Å². The Balaban J connectivity index is 1.66. The third kappa shape index (κ3) is 4.02. The summed E-state index contributed by atoms with van der Waals surface area (Å²) in [7, 11) is 0. The van der Waals surface area contributed by atoms with Gasteiger partial charge in [0.25, 0.3) is 5.91 Å². The first-order valence-corrected chi connectivity index (χ1v) is 8.66. The summed E-state index contributed by atoms with van der Waals surface area (Å²) in [6.07, 6.45) is 2.37. The number of carbonyl (C=O) groups is 1. The van der Waals surface area contributed by atoms with Gasteiger partial charge in [0.1, 0.15) is 5.69 Å². The largest absolute Gasteiger partial charge is 0.340 e. The van der Waals surface area contributed by atoms with E-state index in [9.17, 15) is 4.79 Å². The van der Waals surface area contributed by atoms with Crippen molar-refractivity contribution in [3.05, 3.63) is 57.8 Å². The van der Waals surface area contributed by atoms with Crippen LogP contribution in [0.25, 0.3) is 0 Å². The zero-order chi connectivity index (χ0) is 16.8. The number of rotatable bonds is 7. The molecule has 2 N–H and O–H groups in total. The molecule has 0 spiro atoms. The van der Waals surface area contributed by atoms with Gasteiger partial charge in [-0.25, -0.2) is 4.98 Å². The maximum atomic E-state index is 12.4. The van der Waals surface area contributed by atoms with Gasteiger partial charge in [-0.1, -0.05) is 48.9 Å². The summed E-state index contributed by atoms with van der Waals surface area (Å²) < 4.78 is 0. The van der Waals surface area contributed by atoms with Gasteiger partial charge in [0.2, 0.25) is 0 Å². The zero-order valence-electron chi connectivity index (χ0n) is 13.3. The number of benzene rings is 1. The molecule has 124 valence electrons. The minimum atomic E-state index is -0.263. The molecule has 2 aromatic heterocycles. The van der Waals surface area contributed by atoms with Crippen LogP contribution in [0.3, 0.4) is 0 Å². The molecule has 0 fully saturated rings. The van der Waals surface area contributed by atoms with E-state index >= 15 is 0 Å². The average Bonchev–Trinajstić information content (AvgIpc) is 3.27. The number of tetrazole rings is 1. The quantitative estimate of drug-likeness (QED) is 0.688. The number of H-pyrrole nitrogens is 1. The molecule has 2 heterocycles. The molecule has 7 nitrogen and oxygen atoms in total. The van der Waals surface area contributed by atoms with Crippen LogP contribution in [-0.4, -0.2) is 31.5 Å². The smallest absolute Gasteiger partial charge is 0.271 e. The van der Waals surface area contributed by atoms with Gasteiger partial charge < -0.3 is 5.32 Å². The van der Waals surface area contributed by atoms with Crippen LogP contribution < -0.4 is 5.32 Å². The number of hydrogen-bond donors (Lipinski definition) is 2. The van der Waals surface area contributed by atoms with Crippen molar-refractivity contribution in [2.75, 3.05) is 0 Å². The van der Waals surface area contributed by atoms with Crippen molar-refractivity contribution in [3.63, 3.8) is 0 Å².